The maximum Gasteiger partial charge on any atom is 0.408 e. The van der Waals surface area contributed by atoms with Gasteiger partial charge in [-0.1, -0.05) is 90.5 Å². The molecule has 3 N–H and O–H groups in total. The monoisotopic (exact) mass is 460 g/mol. The first-order chi connectivity index (χ1) is 16.4. The molecule has 3 aromatic rings. The van der Waals surface area contributed by atoms with Crippen molar-refractivity contribution in [2.45, 2.75) is 38.5 Å². The van der Waals surface area contributed by atoms with E-state index in [1.54, 1.807) is 0 Å². The summed E-state index contributed by atoms with van der Waals surface area (Å²) in [4.78, 5) is 37.4. The average Bonchev–Trinajstić information content (AvgIpc) is 2.83. The Labute approximate surface area is 198 Å². The summed E-state index contributed by atoms with van der Waals surface area (Å²) in [7, 11) is 0. The zero-order valence-corrected chi connectivity index (χ0v) is 18.9. The van der Waals surface area contributed by atoms with Crippen LogP contribution in [0.15, 0.2) is 84.9 Å². The number of ether oxygens (including phenoxy) is 1. The van der Waals surface area contributed by atoms with E-state index in [0.717, 1.165) is 22.3 Å². The van der Waals surface area contributed by atoms with Crippen LogP contribution in [0.5, 0.6) is 0 Å². The van der Waals surface area contributed by atoms with Crippen LogP contribution in [0.2, 0.25) is 0 Å². The zero-order valence-electron chi connectivity index (χ0n) is 18.9. The molecule has 7 heteroatoms. The molecule has 0 unspecified atom stereocenters. The molecular weight excluding hydrogens is 432 g/mol. The van der Waals surface area contributed by atoms with Gasteiger partial charge in [-0.15, -0.1) is 0 Å². The van der Waals surface area contributed by atoms with Crippen LogP contribution in [0.1, 0.15) is 22.3 Å². The van der Waals surface area contributed by atoms with E-state index >= 15 is 0 Å². The largest absolute Gasteiger partial charge is 0.480 e. The molecule has 2 atom stereocenters. The molecule has 2 amide bonds. The van der Waals surface area contributed by atoms with Crippen LogP contribution >= 0.6 is 0 Å². The van der Waals surface area contributed by atoms with Gasteiger partial charge in [0, 0.05) is 12.8 Å². The van der Waals surface area contributed by atoms with E-state index in [1.807, 2.05) is 91.9 Å². The number of carbonyl (C=O) groups is 3. The molecule has 0 bridgehead atoms. The van der Waals surface area contributed by atoms with Crippen molar-refractivity contribution < 1.29 is 24.2 Å². The SMILES string of the molecule is Cc1cccc(C[C@H](NC(=O)[C@@H](Cc2ccccc2)NC(=O)OCc2ccccc2)C(=O)O)c1. The molecule has 0 aromatic heterocycles. The zero-order chi connectivity index (χ0) is 24.3. The Morgan fingerprint density at radius 2 is 1.35 bits per heavy atom. The van der Waals surface area contributed by atoms with Crippen LogP contribution in [0, 0.1) is 6.92 Å². The Kier molecular flexibility index (Phi) is 8.80. The van der Waals surface area contributed by atoms with Crippen molar-refractivity contribution >= 4 is 18.0 Å². The van der Waals surface area contributed by atoms with E-state index in [0.29, 0.717) is 0 Å². The smallest absolute Gasteiger partial charge is 0.408 e. The molecule has 0 saturated heterocycles. The van der Waals surface area contributed by atoms with Gasteiger partial charge in [-0.3, -0.25) is 4.79 Å². The van der Waals surface area contributed by atoms with Gasteiger partial charge in [0.2, 0.25) is 5.91 Å². The van der Waals surface area contributed by atoms with Crippen molar-refractivity contribution in [3.8, 4) is 0 Å². The molecule has 34 heavy (non-hydrogen) atoms. The van der Waals surface area contributed by atoms with Crippen molar-refractivity contribution in [1.82, 2.24) is 10.6 Å². The van der Waals surface area contributed by atoms with Gasteiger partial charge in [-0.05, 0) is 23.6 Å². The number of alkyl carbamates (subject to hydrolysis) is 1. The molecule has 0 saturated carbocycles. The van der Waals surface area contributed by atoms with E-state index < -0.39 is 30.1 Å². The third kappa shape index (κ3) is 7.78. The number of aliphatic carboxylic acids is 1. The first-order valence-corrected chi connectivity index (χ1v) is 11.0. The second-order valence-electron chi connectivity index (χ2n) is 8.04. The summed E-state index contributed by atoms with van der Waals surface area (Å²) >= 11 is 0. The molecule has 0 spiro atoms. The molecule has 0 aliphatic carbocycles. The summed E-state index contributed by atoms with van der Waals surface area (Å²) in [6.07, 6.45) is -0.450. The highest BCUT2D eigenvalue weighted by atomic mass is 16.5. The maximum atomic E-state index is 13.1. The number of benzene rings is 3. The number of hydrogen-bond donors (Lipinski definition) is 3. The normalized spacial score (nSPS) is 12.3. The average molecular weight is 461 g/mol. The van der Waals surface area contributed by atoms with Crippen LogP contribution in [0.25, 0.3) is 0 Å². The Hall–Kier alpha value is -4.13. The van der Waals surface area contributed by atoms with Crippen LogP contribution < -0.4 is 10.6 Å². The van der Waals surface area contributed by atoms with Crippen LogP contribution in [-0.2, 0) is 33.8 Å². The highest BCUT2D eigenvalue weighted by Crippen LogP contribution is 2.09. The third-order valence-electron chi connectivity index (χ3n) is 5.24. The first-order valence-electron chi connectivity index (χ1n) is 11.0. The summed E-state index contributed by atoms with van der Waals surface area (Å²) in [5.74, 6) is -1.75. The molecule has 0 fully saturated rings. The Balaban J connectivity index is 1.69. The number of nitrogens with one attached hydrogen (secondary N) is 2. The van der Waals surface area contributed by atoms with Crippen molar-refractivity contribution in [3.63, 3.8) is 0 Å². The van der Waals surface area contributed by atoms with Crippen molar-refractivity contribution in [1.29, 1.82) is 0 Å². The summed E-state index contributed by atoms with van der Waals surface area (Å²) in [5, 5.41) is 14.9. The second kappa shape index (κ2) is 12.2. The number of carbonyl (C=O) groups excluding carboxylic acids is 2. The summed E-state index contributed by atoms with van der Waals surface area (Å²) in [5.41, 5.74) is 3.42. The number of carboxylic acid groups (broad SMARTS) is 1. The molecule has 3 rings (SSSR count). The Bertz CT molecular complexity index is 1100. The van der Waals surface area contributed by atoms with Gasteiger partial charge in [0.1, 0.15) is 18.7 Å². The number of aryl methyl sites for hydroxylation is 1. The maximum absolute atomic E-state index is 13.1. The number of hydrogen-bond acceptors (Lipinski definition) is 4. The lowest BCUT2D eigenvalue weighted by Gasteiger charge is -2.22. The number of carboxylic acids is 1. The van der Waals surface area contributed by atoms with Gasteiger partial charge in [0.25, 0.3) is 0 Å². The van der Waals surface area contributed by atoms with E-state index in [1.165, 1.54) is 0 Å². The summed E-state index contributed by atoms with van der Waals surface area (Å²) in [6, 6.07) is 23.6. The molecule has 0 aliphatic heterocycles. The summed E-state index contributed by atoms with van der Waals surface area (Å²) in [6.45, 7) is 1.97. The lowest BCUT2D eigenvalue weighted by Crippen LogP contribution is -2.53. The topological polar surface area (TPSA) is 105 Å². The van der Waals surface area contributed by atoms with Crippen LogP contribution in [0.4, 0.5) is 4.79 Å². The molecule has 176 valence electrons. The highest BCUT2D eigenvalue weighted by Gasteiger charge is 2.27. The van der Waals surface area contributed by atoms with Gasteiger partial charge in [-0.2, -0.15) is 0 Å². The fourth-order valence-electron chi connectivity index (χ4n) is 3.51. The van der Waals surface area contributed by atoms with Gasteiger partial charge < -0.3 is 20.5 Å². The fourth-order valence-corrected chi connectivity index (χ4v) is 3.51. The number of rotatable bonds is 10. The molecule has 7 nitrogen and oxygen atoms in total. The second-order valence-corrected chi connectivity index (χ2v) is 8.04. The van der Waals surface area contributed by atoms with Crippen molar-refractivity contribution in [2.75, 3.05) is 0 Å². The highest BCUT2D eigenvalue weighted by molar-refractivity contribution is 5.89. The van der Waals surface area contributed by atoms with Gasteiger partial charge in [0.15, 0.2) is 0 Å². The molecule has 3 aromatic carbocycles. The third-order valence-corrected chi connectivity index (χ3v) is 5.24. The number of amides is 2. The Morgan fingerprint density at radius 3 is 1.97 bits per heavy atom. The molecule has 0 heterocycles. The Morgan fingerprint density at radius 1 is 0.765 bits per heavy atom. The lowest BCUT2D eigenvalue weighted by molar-refractivity contribution is -0.142. The summed E-state index contributed by atoms with van der Waals surface area (Å²) < 4.78 is 5.26. The van der Waals surface area contributed by atoms with Crippen molar-refractivity contribution in [3.05, 3.63) is 107 Å². The predicted molar refractivity (Wildman–Crippen MR) is 128 cm³/mol. The van der Waals surface area contributed by atoms with Crippen LogP contribution in [0.3, 0.4) is 0 Å². The fraction of sp³-hybridized carbons (Fsp3) is 0.222. The van der Waals surface area contributed by atoms with E-state index in [2.05, 4.69) is 10.6 Å². The van der Waals surface area contributed by atoms with Crippen molar-refractivity contribution in [2.24, 2.45) is 0 Å². The first kappa shape index (κ1) is 24.5. The minimum Gasteiger partial charge on any atom is -0.480 e. The van der Waals surface area contributed by atoms with Gasteiger partial charge in [-0.25, -0.2) is 9.59 Å². The minimum absolute atomic E-state index is 0.0530. The molecule has 0 radical (unpaired) electrons. The van der Waals surface area contributed by atoms with Crippen LogP contribution in [-0.4, -0.2) is 35.2 Å². The van der Waals surface area contributed by atoms with E-state index in [9.17, 15) is 19.5 Å². The molecule has 0 aliphatic rings. The van der Waals surface area contributed by atoms with E-state index in [-0.39, 0.29) is 19.4 Å². The van der Waals surface area contributed by atoms with Gasteiger partial charge in [0.05, 0.1) is 0 Å². The minimum atomic E-state index is -1.15. The predicted octanol–water partition coefficient (Wildman–Crippen LogP) is 3.64. The van der Waals surface area contributed by atoms with E-state index in [4.69, 9.17) is 4.74 Å². The van der Waals surface area contributed by atoms with Gasteiger partial charge >= 0.3 is 12.1 Å². The lowest BCUT2D eigenvalue weighted by atomic mass is 10.0. The standard InChI is InChI=1S/C27H28N2O5/c1-19-9-8-14-22(15-19)17-24(26(31)32)28-25(30)23(16-20-10-4-2-5-11-20)29-27(33)34-18-21-12-6-3-7-13-21/h2-15,23-24H,16-18H2,1H3,(H,28,30)(H,29,33)(H,31,32)/t23-,24+/m1/s1. The molecular formula is C27H28N2O5. The quantitative estimate of drug-likeness (QED) is 0.428.